The van der Waals surface area contributed by atoms with Gasteiger partial charge in [-0.25, -0.2) is 0 Å². The number of nitrogens with one attached hydrogen (secondary N) is 1. The van der Waals surface area contributed by atoms with Crippen molar-refractivity contribution in [3.05, 3.63) is 47.3 Å². The molecule has 0 spiro atoms. The summed E-state index contributed by atoms with van der Waals surface area (Å²) in [6, 6.07) is 7.29. The van der Waals surface area contributed by atoms with E-state index in [9.17, 15) is 4.79 Å². The van der Waals surface area contributed by atoms with Gasteiger partial charge in [0.1, 0.15) is 0 Å². The Morgan fingerprint density at radius 1 is 1.47 bits per heavy atom. The Bertz CT molecular complexity index is 603. The third-order valence-corrected chi connectivity index (χ3v) is 3.05. The van der Waals surface area contributed by atoms with Crippen LogP contribution in [-0.2, 0) is 7.05 Å². The summed E-state index contributed by atoms with van der Waals surface area (Å²) >= 11 is 0. The van der Waals surface area contributed by atoms with Crippen LogP contribution in [0.2, 0.25) is 0 Å². The molecule has 5 nitrogen and oxygen atoms in total. The fraction of sp³-hybridized carbons (Fsp3) is 0.286. The molecule has 1 aromatic carbocycles. The van der Waals surface area contributed by atoms with Crippen molar-refractivity contribution in [2.24, 2.45) is 12.8 Å². The molecule has 0 fully saturated rings. The number of nitrogens with zero attached hydrogens (tertiary/aromatic N) is 2. The third-order valence-electron chi connectivity index (χ3n) is 3.05. The van der Waals surface area contributed by atoms with Crippen LogP contribution >= 0.6 is 0 Å². The summed E-state index contributed by atoms with van der Waals surface area (Å²) in [4.78, 5) is 11.1. The van der Waals surface area contributed by atoms with E-state index < -0.39 is 5.91 Å². The lowest BCUT2D eigenvalue weighted by Crippen LogP contribution is -2.12. The number of primary amides is 1. The van der Waals surface area contributed by atoms with Crippen molar-refractivity contribution in [3.63, 3.8) is 0 Å². The standard InChI is InChI=1S/C14H18N4O/c1-9(13-8-18(3)17-10(13)2)16-12-6-4-5-11(7-12)14(15)19/h4-9,16H,1-3H3,(H2,15,19). The van der Waals surface area contributed by atoms with Gasteiger partial charge in [-0.1, -0.05) is 6.07 Å². The number of aromatic nitrogens is 2. The number of carbonyl (C=O) groups excluding carboxylic acids is 1. The minimum absolute atomic E-state index is 0.108. The Kier molecular flexibility index (Phi) is 3.55. The second-order valence-electron chi connectivity index (χ2n) is 4.65. The quantitative estimate of drug-likeness (QED) is 0.881. The van der Waals surface area contributed by atoms with Crippen LogP contribution in [0.15, 0.2) is 30.5 Å². The van der Waals surface area contributed by atoms with Crippen molar-refractivity contribution in [1.82, 2.24) is 9.78 Å². The zero-order valence-corrected chi connectivity index (χ0v) is 11.3. The first-order valence-corrected chi connectivity index (χ1v) is 6.14. The molecule has 0 aliphatic heterocycles. The number of aryl methyl sites for hydroxylation is 2. The number of amides is 1. The molecule has 1 amide bonds. The highest BCUT2D eigenvalue weighted by molar-refractivity contribution is 5.93. The summed E-state index contributed by atoms with van der Waals surface area (Å²) < 4.78 is 1.79. The van der Waals surface area contributed by atoms with E-state index in [1.54, 1.807) is 16.8 Å². The highest BCUT2D eigenvalue weighted by atomic mass is 16.1. The first kappa shape index (κ1) is 13.1. The van der Waals surface area contributed by atoms with Crippen molar-refractivity contribution in [1.29, 1.82) is 0 Å². The van der Waals surface area contributed by atoms with Crippen molar-refractivity contribution >= 4 is 11.6 Å². The maximum absolute atomic E-state index is 11.1. The van der Waals surface area contributed by atoms with Crippen LogP contribution in [-0.4, -0.2) is 15.7 Å². The van der Waals surface area contributed by atoms with E-state index in [-0.39, 0.29) is 6.04 Å². The van der Waals surface area contributed by atoms with Gasteiger partial charge < -0.3 is 11.1 Å². The number of carbonyl (C=O) groups is 1. The van der Waals surface area contributed by atoms with Crippen LogP contribution in [0.5, 0.6) is 0 Å². The van der Waals surface area contributed by atoms with E-state index in [2.05, 4.69) is 17.3 Å². The smallest absolute Gasteiger partial charge is 0.248 e. The lowest BCUT2D eigenvalue weighted by Gasteiger charge is -2.15. The van der Waals surface area contributed by atoms with Crippen molar-refractivity contribution < 1.29 is 4.79 Å². The molecule has 0 radical (unpaired) electrons. The summed E-state index contributed by atoms with van der Waals surface area (Å²) in [5, 5.41) is 7.67. The molecular formula is C14H18N4O. The lowest BCUT2D eigenvalue weighted by molar-refractivity contribution is 0.100. The summed E-state index contributed by atoms with van der Waals surface area (Å²) in [5.41, 5.74) is 8.77. The molecule has 0 aliphatic carbocycles. The van der Waals surface area contributed by atoms with Gasteiger partial charge in [0.25, 0.3) is 0 Å². The molecular weight excluding hydrogens is 240 g/mol. The van der Waals surface area contributed by atoms with Gasteiger partial charge in [-0.2, -0.15) is 5.10 Å². The van der Waals surface area contributed by atoms with Crippen LogP contribution in [0.3, 0.4) is 0 Å². The molecule has 0 saturated carbocycles. The first-order chi connectivity index (χ1) is 8.97. The minimum Gasteiger partial charge on any atom is -0.378 e. The highest BCUT2D eigenvalue weighted by Crippen LogP contribution is 2.21. The summed E-state index contributed by atoms with van der Waals surface area (Å²) in [7, 11) is 1.90. The molecule has 1 heterocycles. The van der Waals surface area contributed by atoms with E-state index in [1.165, 1.54) is 0 Å². The van der Waals surface area contributed by atoms with Gasteiger partial charge in [0.15, 0.2) is 0 Å². The van der Waals surface area contributed by atoms with Gasteiger partial charge in [0.2, 0.25) is 5.91 Å². The Hall–Kier alpha value is -2.30. The average molecular weight is 258 g/mol. The summed E-state index contributed by atoms with van der Waals surface area (Å²) in [6.07, 6.45) is 1.99. The number of anilines is 1. The van der Waals surface area contributed by atoms with Crippen molar-refractivity contribution in [3.8, 4) is 0 Å². The van der Waals surface area contributed by atoms with E-state index >= 15 is 0 Å². The normalized spacial score (nSPS) is 12.2. The van der Waals surface area contributed by atoms with E-state index in [0.29, 0.717) is 5.56 Å². The van der Waals surface area contributed by atoms with E-state index in [0.717, 1.165) is 16.9 Å². The highest BCUT2D eigenvalue weighted by Gasteiger charge is 2.12. The maximum Gasteiger partial charge on any atom is 0.248 e. The summed E-state index contributed by atoms with van der Waals surface area (Å²) in [5.74, 6) is -0.422. The van der Waals surface area contributed by atoms with Crippen LogP contribution in [0.4, 0.5) is 5.69 Å². The zero-order valence-electron chi connectivity index (χ0n) is 11.3. The monoisotopic (exact) mass is 258 g/mol. The van der Waals surface area contributed by atoms with Crippen molar-refractivity contribution in [2.45, 2.75) is 19.9 Å². The zero-order chi connectivity index (χ0) is 14.0. The molecule has 2 aromatic rings. The van der Waals surface area contributed by atoms with Gasteiger partial charge in [-0.05, 0) is 32.0 Å². The van der Waals surface area contributed by atoms with Crippen LogP contribution < -0.4 is 11.1 Å². The van der Waals surface area contributed by atoms with Crippen LogP contribution in [0.25, 0.3) is 0 Å². The molecule has 1 atom stereocenters. The maximum atomic E-state index is 11.1. The van der Waals surface area contributed by atoms with Crippen LogP contribution in [0.1, 0.15) is 34.6 Å². The first-order valence-electron chi connectivity index (χ1n) is 6.14. The Balaban J connectivity index is 2.19. The molecule has 100 valence electrons. The minimum atomic E-state index is -0.422. The number of rotatable bonds is 4. The molecule has 2 rings (SSSR count). The Morgan fingerprint density at radius 2 is 2.21 bits per heavy atom. The van der Waals surface area contributed by atoms with Crippen molar-refractivity contribution in [2.75, 3.05) is 5.32 Å². The number of hydrogen-bond acceptors (Lipinski definition) is 3. The largest absolute Gasteiger partial charge is 0.378 e. The fourth-order valence-electron chi connectivity index (χ4n) is 2.13. The second kappa shape index (κ2) is 5.14. The van der Waals surface area contributed by atoms with Gasteiger partial charge in [-0.15, -0.1) is 0 Å². The molecule has 0 bridgehead atoms. The Morgan fingerprint density at radius 3 is 2.79 bits per heavy atom. The van der Waals surface area contributed by atoms with Gasteiger partial charge in [0, 0.05) is 30.1 Å². The van der Waals surface area contributed by atoms with E-state index in [4.69, 9.17) is 5.73 Å². The fourth-order valence-corrected chi connectivity index (χ4v) is 2.13. The number of hydrogen-bond donors (Lipinski definition) is 2. The molecule has 0 aliphatic rings. The Labute approximate surface area is 112 Å². The predicted molar refractivity (Wildman–Crippen MR) is 74.9 cm³/mol. The molecule has 3 N–H and O–H groups in total. The molecule has 0 saturated heterocycles. The molecule has 19 heavy (non-hydrogen) atoms. The van der Waals surface area contributed by atoms with Gasteiger partial charge in [-0.3, -0.25) is 9.48 Å². The topological polar surface area (TPSA) is 72.9 Å². The molecule has 5 heteroatoms. The second-order valence-corrected chi connectivity index (χ2v) is 4.65. The van der Waals surface area contributed by atoms with Gasteiger partial charge in [0.05, 0.1) is 11.7 Å². The third kappa shape index (κ3) is 2.93. The number of nitrogens with two attached hydrogens (primary N) is 1. The summed E-state index contributed by atoms with van der Waals surface area (Å²) in [6.45, 7) is 4.04. The SMILES string of the molecule is Cc1nn(C)cc1C(C)Nc1cccc(C(N)=O)c1. The predicted octanol–water partition coefficient (Wildman–Crippen LogP) is 2.00. The molecule has 1 aromatic heterocycles. The van der Waals surface area contributed by atoms with Crippen LogP contribution in [0, 0.1) is 6.92 Å². The number of benzene rings is 1. The van der Waals surface area contributed by atoms with Gasteiger partial charge >= 0.3 is 0 Å². The van der Waals surface area contributed by atoms with E-state index in [1.807, 2.05) is 32.3 Å². The average Bonchev–Trinajstić information content (AvgIpc) is 2.69. The molecule has 1 unspecified atom stereocenters. The lowest BCUT2D eigenvalue weighted by atomic mass is 10.1.